The minimum absolute atomic E-state index is 0.0792. The van der Waals surface area contributed by atoms with Crippen LogP contribution in [0, 0.1) is 0 Å². The highest BCUT2D eigenvalue weighted by molar-refractivity contribution is 5.71. The van der Waals surface area contributed by atoms with Gasteiger partial charge in [-0.15, -0.1) is 0 Å². The van der Waals surface area contributed by atoms with E-state index in [2.05, 4.69) is 69.4 Å². The Morgan fingerprint density at radius 3 is 0.871 bits per heavy atom. The number of rotatable bonds is 56. The first kappa shape index (κ1) is 67.4. The summed E-state index contributed by atoms with van der Waals surface area (Å²) >= 11 is 0. The van der Waals surface area contributed by atoms with Crippen LogP contribution in [0.1, 0.15) is 323 Å². The number of unbranched alkanes of at least 4 members (excludes halogenated alkanes) is 37. The lowest BCUT2D eigenvalue weighted by molar-refractivity contribution is -0.167. The average Bonchev–Trinajstić information content (AvgIpc) is 3.36. The van der Waals surface area contributed by atoms with Crippen molar-refractivity contribution in [1.82, 2.24) is 0 Å². The Morgan fingerprint density at radius 2 is 0.543 bits per heavy atom. The Balaban J connectivity index is 4.09. The Bertz CT molecular complexity index is 1220. The Labute approximate surface area is 435 Å². The standard InChI is InChI=1S/C64H116O6/c1-4-7-10-13-16-19-22-24-25-26-27-28-29-30-31-32-33-34-35-36-37-38-39-41-42-45-48-51-54-57-63(66)69-60-61(59-68-62(65)56-53-50-47-44-21-18-15-12-9-6-3)70-64(67)58-55-52-49-46-43-40-23-20-17-14-11-8-5-2/h11-12,14-15,20,23,26-27,61H,4-10,13,16-19,21-22,24-25,28-60H2,1-3H3/b14-11-,15-12-,23-20-,27-26-. The highest BCUT2D eigenvalue weighted by atomic mass is 16.6. The normalized spacial score (nSPS) is 12.3. The fourth-order valence-electron chi connectivity index (χ4n) is 8.89. The van der Waals surface area contributed by atoms with E-state index < -0.39 is 6.10 Å². The quantitative estimate of drug-likeness (QED) is 0.0261. The summed E-state index contributed by atoms with van der Waals surface area (Å²) in [6, 6.07) is 0. The first-order valence-electron chi connectivity index (χ1n) is 30.6. The summed E-state index contributed by atoms with van der Waals surface area (Å²) in [5.41, 5.74) is 0. The highest BCUT2D eigenvalue weighted by Gasteiger charge is 2.19. The van der Waals surface area contributed by atoms with E-state index in [0.717, 1.165) is 103 Å². The lowest BCUT2D eigenvalue weighted by Crippen LogP contribution is -2.30. The summed E-state index contributed by atoms with van der Waals surface area (Å²) in [6.07, 6.45) is 72.8. The summed E-state index contributed by atoms with van der Waals surface area (Å²) < 4.78 is 16.8. The third-order valence-electron chi connectivity index (χ3n) is 13.5. The molecule has 0 fully saturated rings. The molecule has 0 radical (unpaired) electrons. The highest BCUT2D eigenvalue weighted by Crippen LogP contribution is 2.17. The summed E-state index contributed by atoms with van der Waals surface area (Å²) in [5.74, 6) is -0.893. The largest absolute Gasteiger partial charge is 0.462 e. The molecule has 0 aromatic rings. The minimum atomic E-state index is -0.781. The molecule has 0 amide bonds. The molecule has 6 heteroatoms. The van der Waals surface area contributed by atoms with E-state index in [0.29, 0.717) is 19.3 Å². The van der Waals surface area contributed by atoms with E-state index in [-0.39, 0.29) is 31.1 Å². The van der Waals surface area contributed by atoms with Crippen LogP contribution in [-0.2, 0) is 28.6 Å². The molecular weight excluding hydrogens is 865 g/mol. The first-order valence-corrected chi connectivity index (χ1v) is 30.6. The second kappa shape index (κ2) is 58.9. The van der Waals surface area contributed by atoms with Crippen LogP contribution in [0.2, 0.25) is 0 Å². The van der Waals surface area contributed by atoms with Crippen molar-refractivity contribution in [3.8, 4) is 0 Å². The Hall–Kier alpha value is -2.63. The molecule has 0 saturated heterocycles. The van der Waals surface area contributed by atoms with Gasteiger partial charge in [0.05, 0.1) is 0 Å². The molecule has 0 saturated carbocycles. The van der Waals surface area contributed by atoms with Crippen molar-refractivity contribution >= 4 is 17.9 Å². The Morgan fingerprint density at radius 1 is 0.286 bits per heavy atom. The van der Waals surface area contributed by atoms with Gasteiger partial charge in [-0.1, -0.05) is 262 Å². The van der Waals surface area contributed by atoms with Crippen LogP contribution < -0.4 is 0 Å². The van der Waals surface area contributed by atoms with Crippen molar-refractivity contribution in [1.29, 1.82) is 0 Å². The third-order valence-corrected chi connectivity index (χ3v) is 13.5. The van der Waals surface area contributed by atoms with Crippen LogP contribution in [-0.4, -0.2) is 37.2 Å². The number of hydrogen-bond acceptors (Lipinski definition) is 6. The van der Waals surface area contributed by atoms with Gasteiger partial charge in [0.1, 0.15) is 13.2 Å². The van der Waals surface area contributed by atoms with Crippen LogP contribution in [0.3, 0.4) is 0 Å². The molecule has 0 aromatic carbocycles. The fraction of sp³-hybridized carbons (Fsp3) is 0.828. The summed E-state index contributed by atoms with van der Waals surface area (Å²) in [7, 11) is 0. The summed E-state index contributed by atoms with van der Waals surface area (Å²) in [5, 5.41) is 0. The second-order valence-electron chi connectivity index (χ2n) is 20.6. The molecule has 1 unspecified atom stereocenters. The zero-order chi connectivity index (χ0) is 50.7. The van der Waals surface area contributed by atoms with Crippen molar-refractivity contribution in [3.05, 3.63) is 48.6 Å². The molecular formula is C64H116O6. The topological polar surface area (TPSA) is 78.9 Å². The molecule has 0 rings (SSSR count). The van der Waals surface area contributed by atoms with Gasteiger partial charge in [0.25, 0.3) is 0 Å². The van der Waals surface area contributed by atoms with Gasteiger partial charge in [0, 0.05) is 19.3 Å². The number of carbonyl (C=O) groups excluding carboxylic acids is 3. The van der Waals surface area contributed by atoms with E-state index in [1.807, 2.05) is 0 Å². The van der Waals surface area contributed by atoms with Crippen molar-refractivity contribution in [2.24, 2.45) is 0 Å². The van der Waals surface area contributed by atoms with Crippen LogP contribution >= 0.6 is 0 Å². The van der Waals surface area contributed by atoms with Gasteiger partial charge in [0.2, 0.25) is 0 Å². The molecule has 1 atom stereocenters. The zero-order valence-electron chi connectivity index (χ0n) is 46.8. The van der Waals surface area contributed by atoms with Gasteiger partial charge in [0.15, 0.2) is 6.10 Å². The van der Waals surface area contributed by atoms with Crippen LogP contribution in [0.5, 0.6) is 0 Å². The first-order chi connectivity index (χ1) is 34.5. The number of hydrogen-bond donors (Lipinski definition) is 0. The van der Waals surface area contributed by atoms with E-state index in [9.17, 15) is 14.4 Å². The van der Waals surface area contributed by atoms with E-state index in [1.165, 1.54) is 180 Å². The molecule has 0 bridgehead atoms. The molecule has 0 heterocycles. The molecule has 0 spiro atoms. The maximum Gasteiger partial charge on any atom is 0.306 e. The third kappa shape index (κ3) is 56.3. The van der Waals surface area contributed by atoms with Gasteiger partial charge in [-0.2, -0.15) is 0 Å². The number of carbonyl (C=O) groups is 3. The molecule has 0 aliphatic carbocycles. The summed E-state index contributed by atoms with van der Waals surface area (Å²) in [6.45, 7) is 6.52. The summed E-state index contributed by atoms with van der Waals surface area (Å²) in [4.78, 5) is 38.0. The maximum absolute atomic E-state index is 12.8. The molecule has 408 valence electrons. The Kier molecular flexibility index (Phi) is 56.7. The molecule has 0 N–H and O–H groups in total. The van der Waals surface area contributed by atoms with Gasteiger partial charge in [-0.25, -0.2) is 0 Å². The van der Waals surface area contributed by atoms with Gasteiger partial charge < -0.3 is 14.2 Å². The number of allylic oxidation sites excluding steroid dienone is 8. The van der Waals surface area contributed by atoms with Gasteiger partial charge in [-0.05, 0) is 89.9 Å². The minimum Gasteiger partial charge on any atom is -0.462 e. The number of esters is 3. The van der Waals surface area contributed by atoms with Crippen LogP contribution in [0.25, 0.3) is 0 Å². The van der Waals surface area contributed by atoms with Gasteiger partial charge >= 0.3 is 17.9 Å². The molecule has 70 heavy (non-hydrogen) atoms. The van der Waals surface area contributed by atoms with Crippen LogP contribution in [0.15, 0.2) is 48.6 Å². The van der Waals surface area contributed by atoms with Crippen molar-refractivity contribution in [2.75, 3.05) is 13.2 Å². The number of ether oxygens (including phenoxy) is 3. The molecule has 0 aliphatic rings. The van der Waals surface area contributed by atoms with Crippen molar-refractivity contribution in [3.63, 3.8) is 0 Å². The average molecular weight is 982 g/mol. The van der Waals surface area contributed by atoms with E-state index in [1.54, 1.807) is 0 Å². The van der Waals surface area contributed by atoms with Gasteiger partial charge in [-0.3, -0.25) is 14.4 Å². The smallest absolute Gasteiger partial charge is 0.306 e. The maximum atomic E-state index is 12.8. The zero-order valence-corrected chi connectivity index (χ0v) is 46.8. The van der Waals surface area contributed by atoms with E-state index in [4.69, 9.17) is 14.2 Å². The predicted molar refractivity (Wildman–Crippen MR) is 302 cm³/mol. The lowest BCUT2D eigenvalue weighted by Gasteiger charge is -2.18. The molecule has 0 aromatic heterocycles. The SMILES string of the molecule is CCC/C=C\C/C=C\CCCCCCCC(=O)OC(COC(=O)CCCCCCC/C=C\CCC)COC(=O)CCCCCCCCCCCCCCCCCCC/C=C\CCCCCCCCCC. The second-order valence-corrected chi connectivity index (χ2v) is 20.6. The van der Waals surface area contributed by atoms with Crippen molar-refractivity contribution in [2.45, 2.75) is 329 Å². The predicted octanol–water partition coefficient (Wildman–Crippen LogP) is 20.6. The molecule has 0 aliphatic heterocycles. The lowest BCUT2D eigenvalue weighted by atomic mass is 10.0. The van der Waals surface area contributed by atoms with Crippen molar-refractivity contribution < 1.29 is 28.6 Å². The van der Waals surface area contributed by atoms with E-state index >= 15 is 0 Å². The monoisotopic (exact) mass is 981 g/mol. The molecule has 6 nitrogen and oxygen atoms in total. The van der Waals surface area contributed by atoms with Crippen LogP contribution in [0.4, 0.5) is 0 Å². The fourth-order valence-corrected chi connectivity index (χ4v) is 8.89.